The smallest absolute Gasteiger partial charge is 0.177 e. The molecule has 100 valence electrons. The van der Waals surface area contributed by atoms with Crippen LogP contribution in [0.1, 0.15) is 0 Å². The first-order valence-electron chi connectivity index (χ1n) is 5.19. The Balaban J connectivity index is 2.16. The Morgan fingerprint density at radius 2 is 1.63 bits per heavy atom. The van der Waals surface area contributed by atoms with Crippen molar-refractivity contribution in [2.45, 2.75) is 4.90 Å². The molecular formula is C10H12N6O2S. The summed E-state index contributed by atoms with van der Waals surface area (Å²) in [6, 6.07) is 6.11. The van der Waals surface area contributed by atoms with E-state index in [1.165, 1.54) is 12.1 Å². The molecule has 1 aliphatic heterocycles. The fourth-order valence-corrected chi connectivity index (χ4v) is 1.98. The van der Waals surface area contributed by atoms with Crippen molar-refractivity contribution in [3.8, 4) is 0 Å². The Labute approximate surface area is 109 Å². The number of benzene rings is 1. The highest BCUT2D eigenvalue weighted by Gasteiger charge is 2.16. The van der Waals surface area contributed by atoms with Crippen LogP contribution in [-0.2, 0) is 9.84 Å². The van der Waals surface area contributed by atoms with E-state index in [1.807, 2.05) is 0 Å². The summed E-state index contributed by atoms with van der Waals surface area (Å²) < 4.78 is 22.6. The van der Waals surface area contributed by atoms with E-state index in [0.717, 1.165) is 6.26 Å². The number of rotatable bonds is 3. The lowest BCUT2D eigenvalue weighted by Gasteiger charge is -2.03. The summed E-state index contributed by atoms with van der Waals surface area (Å²) in [6.45, 7) is 0. The Bertz CT molecular complexity index is 667. The van der Waals surface area contributed by atoms with Gasteiger partial charge in [0.15, 0.2) is 27.2 Å². The summed E-state index contributed by atoms with van der Waals surface area (Å²) in [5.74, 6) is 0.246. The zero-order valence-electron chi connectivity index (χ0n) is 10.0. The van der Waals surface area contributed by atoms with Crippen LogP contribution in [0.2, 0.25) is 0 Å². The fraction of sp³-hybridized carbons (Fsp3) is 0.100. The van der Waals surface area contributed by atoms with Gasteiger partial charge in [0.25, 0.3) is 0 Å². The predicted octanol–water partition coefficient (Wildman–Crippen LogP) is -0.499. The van der Waals surface area contributed by atoms with E-state index in [4.69, 9.17) is 11.5 Å². The number of hydrogen-bond donors (Lipinski definition) is 3. The maximum Gasteiger partial charge on any atom is 0.177 e. The minimum absolute atomic E-state index is 0.123. The summed E-state index contributed by atoms with van der Waals surface area (Å²) in [7, 11) is -3.21. The van der Waals surface area contributed by atoms with Crippen LogP contribution in [0, 0.1) is 0 Å². The van der Waals surface area contributed by atoms with Crippen LogP contribution in [0.25, 0.3) is 0 Å². The van der Waals surface area contributed by atoms with Gasteiger partial charge >= 0.3 is 0 Å². The molecule has 0 radical (unpaired) electrons. The van der Waals surface area contributed by atoms with Gasteiger partial charge in [0.1, 0.15) is 0 Å². The summed E-state index contributed by atoms with van der Waals surface area (Å²) in [5.41, 5.74) is 14.6. The summed E-state index contributed by atoms with van der Waals surface area (Å²) in [4.78, 5) is 0.230. The van der Waals surface area contributed by atoms with Crippen LogP contribution in [0.4, 0.5) is 5.69 Å². The number of nitrogens with two attached hydrogens (primary N) is 2. The second kappa shape index (κ2) is 4.69. The highest BCUT2D eigenvalue weighted by Crippen LogP contribution is 2.13. The summed E-state index contributed by atoms with van der Waals surface area (Å²) >= 11 is 0. The Morgan fingerprint density at radius 3 is 2.11 bits per heavy atom. The summed E-state index contributed by atoms with van der Waals surface area (Å²) in [5, 5.41) is 11.1. The maximum atomic E-state index is 11.3. The van der Waals surface area contributed by atoms with Crippen molar-refractivity contribution in [1.29, 1.82) is 0 Å². The number of hydrogen-bond acceptors (Lipinski definition) is 8. The first-order valence-corrected chi connectivity index (χ1v) is 7.08. The van der Waals surface area contributed by atoms with E-state index >= 15 is 0 Å². The molecule has 0 aromatic heterocycles. The van der Waals surface area contributed by atoms with Gasteiger partial charge in [0.05, 0.1) is 10.6 Å². The minimum atomic E-state index is -3.21. The van der Waals surface area contributed by atoms with Crippen LogP contribution in [0.3, 0.4) is 0 Å². The van der Waals surface area contributed by atoms with E-state index in [9.17, 15) is 8.42 Å². The molecule has 1 heterocycles. The van der Waals surface area contributed by atoms with Crippen molar-refractivity contribution in [3.05, 3.63) is 24.3 Å². The Morgan fingerprint density at radius 1 is 1.11 bits per heavy atom. The van der Waals surface area contributed by atoms with Crippen molar-refractivity contribution >= 4 is 32.9 Å². The quantitative estimate of drug-likeness (QED) is 0.641. The largest absolute Gasteiger partial charge is 0.380 e. The molecule has 2 rings (SSSR count). The third-order valence-corrected chi connectivity index (χ3v) is 3.46. The standard InChI is InChI=1S/C10H12N6O2S/c1-19(17,18)7-4-2-6(3-5-7)13-14-8-9(11)15-16-10(8)12/h2-5,13H,1H3,(H4,11,12,14,15,16). The van der Waals surface area contributed by atoms with Crippen molar-refractivity contribution in [2.24, 2.45) is 26.8 Å². The highest BCUT2D eigenvalue weighted by molar-refractivity contribution is 7.90. The van der Waals surface area contributed by atoms with Gasteiger partial charge in [0, 0.05) is 6.26 Å². The average molecular weight is 280 g/mol. The van der Waals surface area contributed by atoms with Crippen LogP contribution in [0.15, 0.2) is 44.5 Å². The van der Waals surface area contributed by atoms with E-state index in [2.05, 4.69) is 20.7 Å². The molecule has 0 amide bonds. The third kappa shape index (κ3) is 2.88. The number of nitrogens with one attached hydrogen (secondary N) is 1. The second-order valence-corrected chi connectivity index (χ2v) is 5.85. The Hall–Kier alpha value is -2.42. The maximum absolute atomic E-state index is 11.3. The topological polar surface area (TPSA) is 135 Å². The SMILES string of the molecule is CS(=O)(=O)c1ccc(NN=C2C(N)=NN=C2N)cc1. The molecular weight excluding hydrogens is 268 g/mol. The minimum Gasteiger partial charge on any atom is -0.380 e. The van der Waals surface area contributed by atoms with Gasteiger partial charge in [-0.25, -0.2) is 8.42 Å². The molecule has 0 spiro atoms. The number of anilines is 1. The summed E-state index contributed by atoms with van der Waals surface area (Å²) in [6.07, 6.45) is 1.14. The van der Waals surface area contributed by atoms with E-state index in [1.54, 1.807) is 12.1 Å². The molecule has 1 aromatic carbocycles. The van der Waals surface area contributed by atoms with Crippen molar-refractivity contribution in [1.82, 2.24) is 0 Å². The van der Waals surface area contributed by atoms with Gasteiger partial charge in [-0.15, -0.1) is 10.2 Å². The highest BCUT2D eigenvalue weighted by atomic mass is 32.2. The fourth-order valence-electron chi connectivity index (χ4n) is 1.35. The number of nitrogens with zero attached hydrogens (tertiary/aromatic N) is 3. The molecule has 9 heteroatoms. The van der Waals surface area contributed by atoms with Crippen LogP contribution in [-0.4, -0.2) is 32.1 Å². The number of hydrazone groups is 1. The van der Waals surface area contributed by atoms with E-state index in [0.29, 0.717) is 5.69 Å². The van der Waals surface area contributed by atoms with Gasteiger partial charge < -0.3 is 11.5 Å². The molecule has 0 saturated carbocycles. The van der Waals surface area contributed by atoms with Crippen molar-refractivity contribution < 1.29 is 8.42 Å². The van der Waals surface area contributed by atoms with Gasteiger partial charge in [0.2, 0.25) is 0 Å². The third-order valence-electron chi connectivity index (χ3n) is 2.33. The van der Waals surface area contributed by atoms with Gasteiger partial charge in [-0.3, -0.25) is 5.43 Å². The van der Waals surface area contributed by atoms with Crippen LogP contribution in [0.5, 0.6) is 0 Å². The van der Waals surface area contributed by atoms with E-state index < -0.39 is 9.84 Å². The molecule has 5 N–H and O–H groups in total. The lowest BCUT2D eigenvalue weighted by molar-refractivity contribution is 0.602. The average Bonchev–Trinajstić information content (AvgIpc) is 2.66. The first kappa shape index (κ1) is 13.0. The molecule has 0 saturated heterocycles. The molecule has 0 aliphatic carbocycles. The van der Waals surface area contributed by atoms with Crippen molar-refractivity contribution in [2.75, 3.05) is 11.7 Å². The molecule has 1 aliphatic rings. The van der Waals surface area contributed by atoms with Crippen LogP contribution >= 0.6 is 0 Å². The second-order valence-electron chi connectivity index (χ2n) is 3.84. The monoisotopic (exact) mass is 280 g/mol. The van der Waals surface area contributed by atoms with Gasteiger partial charge in [-0.2, -0.15) is 5.10 Å². The lowest BCUT2D eigenvalue weighted by Crippen LogP contribution is -2.32. The first-order chi connectivity index (χ1) is 8.88. The molecule has 0 atom stereocenters. The van der Waals surface area contributed by atoms with E-state index in [-0.39, 0.29) is 22.3 Å². The number of amidine groups is 2. The number of sulfone groups is 1. The zero-order valence-corrected chi connectivity index (χ0v) is 10.8. The molecule has 0 bridgehead atoms. The van der Waals surface area contributed by atoms with Crippen molar-refractivity contribution in [3.63, 3.8) is 0 Å². The lowest BCUT2D eigenvalue weighted by atomic mass is 10.3. The molecule has 0 fully saturated rings. The molecule has 19 heavy (non-hydrogen) atoms. The normalized spacial score (nSPS) is 14.9. The molecule has 1 aromatic rings. The molecule has 0 unspecified atom stereocenters. The molecule has 8 nitrogen and oxygen atoms in total. The predicted molar refractivity (Wildman–Crippen MR) is 73.9 cm³/mol. The van der Waals surface area contributed by atoms with Gasteiger partial charge in [-0.05, 0) is 24.3 Å². The zero-order chi connectivity index (χ0) is 14.0. The Kier molecular flexibility index (Phi) is 3.21. The van der Waals surface area contributed by atoms with Crippen LogP contribution < -0.4 is 16.9 Å². The van der Waals surface area contributed by atoms with Gasteiger partial charge in [-0.1, -0.05) is 0 Å².